The highest BCUT2D eigenvalue weighted by atomic mass is 35.5. The number of aliphatic hydroxyl groups is 2. The quantitative estimate of drug-likeness (QED) is 0.114. The minimum atomic E-state index is -2.09. The second-order valence-electron chi connectivity index (χ2n) is 7.99. The van der Waals surface area contributed by atoms with Crippen LogP contribution in [0.1, 0.15) is 17.6 Å². The molecule has 0 saturated carbocycles. The van der Waals surface area contributed by atoms with E-state index in [2.05, 4.69) is 41.5 Å². The molecule has 3 heterocycles. The summed E-state index contributed by atoms with van der Waals surface area (Å²) >= 11 is 5.93. The van der Waals surface area contributed by atoms with Crippen LogP contribution in [0.5, 0.6) is 0 Å². The Labute approximate surface area is 219 Å². The van der Waals surface area contributed by atoms with Gasteiger partial charge in [-0.25, -0.2) is 9.78 Å². The number of aromatic amines is 1. The van der Waals surface area contributed by atoms with Crippen LogP contribution in [0.3, 0.4) is 0 Å². The number of aliphatic hydroxyl groups excluding tert-OH is 2. The van der Waals surface area contributed by atoms with Crippen LogP contribution in [0.15, 0.2) is 36.7 Å². The van der Waals surface area contributed by atoms with Crippen molar-refractivity contribution in [3.8, 4) is 12.3 Å². The number of rotatable bonds is 12. The van der Waals surface area contributed by atoms with Crippen molar-refractivity contribution in [2.75, 3.05) is 18.9 Å². The molecular weight excluding hydrogens is 522 g/mol. The number of benzene rings is 1. The number of nitrogens with one attached hydrogen (secondary N) is 1. The van der Waals surface area contributed by atoms with Gasteiger partial charge in [0.2, 0.25) is 16.7 Å². The summed E-state index contributed by atoms with van der Waals surface area (Å²) in [7, 11) is 0. The monoisotopic (exact) mass is 543 g/mol. The first-order chi connectivity index (χ1) is 18.3. The number of nitrogens with zero attached hydrogens (tertiary/aromatic N) is 7. The smallest absolute Gasteiger partial charge is 0.344 e. The Morgan fingerprint density at radius 1 is 1.32 bits per heavy atom. The molecule has 0 aliphatic rings. The van der Waals surface area contributed by atoms with Crippen LogP contribution in [0, 0.1) is 12.3 Å². The third kappa shape index (κ3) is 5.39. The highest BCUT2D eigenvalue weighted by Crippen LogP contribution is 2.30. The molecule has 4 aromatic rings. The lowest BCUT2D eigenvalue weighted by Crippen LogP contribution is -2.45. The van der Waals surface area contributed by atoms with Crippen molar-refractivity contribution in [3.63, 3.8) is 0 Å². The molecule has 0 aliphatic heterocycles. The molecule has 0 radical (unpaired) electrons. The van der Waals surface area contributed by atoms with Gasteiger partial charge in [0.05, 0.1) is 19.5 Å². The first kappa shape index (κ1) is 26.9. The number of hydrogen-bond acceptors (Lipinski definition) is 12. The van der Waals surface area contributed by atoms with Crippen LogP contribution in [0.25, 0.3) is 11.2 Å². The summed E-state index contributed by atoms with van der Waals surface area (Å²) in [6, 6.07) is 8.68. The predicted molar refractivity (Wildman–Crippen MR) is 130 cm³/mol. The van der Waals surface area contributed by atoms with Gasteiger partial charge in [0.15, 0.2) is 23.8 Å². The number of carbonyl (C=O) groups is 1. The van der Waals surface area contributed by atoms with E-state index in [0.29, 0.717) is 5.56 Å². The van der Waals surface area contributed by atoms with Crippen LogP contribution >= 0.6 is 11.6 Å². The lowest BCUT2D eigenvalue weighted by Gasteiger charge is -2.31. The van der Waals surface area contributed by atoms with E-state index < -0.39 is 43.2 Å². The van der Waals surface area contributed by atoms with E-state index in [4.69, 9.17) is 33.2 Å². The zero-order valence-corrected chi connectivity index (χ0v) is 20.3. The van der Waals surface area contributed by atoms with Crippen LogP contribution < -0.4 is 5.73 Å². The van der Waals surface area contributed by atoms with Crippen molar-refractivity contribution in [3.05, 3.63) is 53.3 Å². The van der Waals surface area contributed by atoms with Crippen LogP contribution in [0.4, 0.5) is 5.82 Å². The number of H-pyrrole nitrogens is 1. The van der Waals surface area contributed by atoms with Gasteiger partial charge in [-0.1, -0.05) is 41.5 Å². The van der Waals surface area contributed by atoms with Crippen LogP contribution in [-0.4, -0.2) is 86.9 Å². The molecule has 0 bridgehead atoms. The molecular formula is C22H22ClN9O6. The van der Waals surface area contributed by atoms with E-state index in [1.165, 1.54) is 10.9 Å². The van der Waals surface area contributed by atoms with E-state index in [9.17, 15) is 20.1 Å². The number of terminal acetylenes is 1. The summed E-state index contributed by atoms with van der Waals surface area (Å²) in [5.74, 6) is 0.492. The largest absolute Gasteiger partial charge is 0.479 e. The fourth-order valence-electron chi connectivity index (χ4n) is 3.68. The van der Waals surface area contributed by atoms with E-state index in [1.54, 1.807) is 30.3 Å². The zero-order valence-electron chi connectivity index (χ0n) is 19.5. The molecule has 0 saturated heterocycles. The number of carboxylic acids is 1. The molecule has 16 heteroatoms. The topological polar surface area (TPSA) is 220 Å². The molecule has 4 rings (SSSR count). The van der Waals surface area contributed by atoms with Crippen molar-refractivity contribution >= 4 is 34.6 Å². The Morgan fingerprint density at radius 2 is 2.08 bits per heavy atom. The van der Waals surface area contributed by atoms with Crippen molar-refractivity contribution < 1.29 is 29.6 Å². The predicted octanol–water partition coefficient (Wildman–Crippen LogP) is -0.315. The van der Waals surface area contributed by atoms with Gasteiger partial charge in [-0.3, -0.25) is 4.57 Å². The second-order valence-corrected chi connectivity index (χ2v) is 8.32. The van der Waals surface area contributed by atoms with Crippen molar-refractivity contribution in [1.82, 2.24) is 40.1 Å². The third-order valence-electron chi connectivity index (χ3n) is 5.54. The number of tetrazole rings is 1. The number of hydrogen-bond donors (Lipinski definition) is 5. The number of carboxylic acid groups (broad SMARTS) is 1. The molecule has 0 fully saturated rings. The molecule has 6 N–H and O–H groups in total. The highest BCUT2D eigenvalue weighted by Gasteiger charge is 2.47. The summed E-state index contributed by atoms with van der Waals surface area (Å²) < 4.78 is 13.0. The van der Waals surface area contributed by atoms with Gasteiger partial charge in [0.25, 0.3) is 0 Å². The van der Waals surface area contributed by atoms with E-state index in [-0.39, 0.29) is 34.5 Å². The van der Waals surface area contributed by atoms with Gasteiger partial charge in [-0.2, -0.15) is 15.2 Å². The fourth-order valence-corrected chi connectivity index (χ4v) is 3.85. The first-order valence-electron chi connectivity index (χ1n) is 11.0. The number of nitrogens with two attached hydrogens (primary N) is 1. The van der Waals surface area contributed by atoms with Crippen LogP contribution in [-0.2, 0) is 26.3 Å². The summed E-state index contributed by atoms with van der Waals surface area (Å²) in [4.78, 5) is 24.5. The molecule has 3 aromatic heterocycles. The Hall–Kier alpha value is -4.20. The van der Waals surface area contributed by atoms with Gasteiger partial charge in [-0.05, 0) is 17.2 Å². The number of nitrogen functional groups attached to an aromatic ring is 1. The summed E-state index contributed by atoms with van der Waals surface area (Å²) in [5.41, 5.74) is 4.65. The summed E-state index contributed by atoms with van der Waals surface area (Å²) in [6.45, 7) is -1.13. The van der Waals surface area contributed by atoms with E-state index in [0.717, 1.165) is 0 Å². The zero-order chi connectivity index (χ0) is 27.3. The molecule has 0 amide bonds. The van der Waals surface area contributed by atoms with E-state index in [1.807, 2.05) is 0 Å². The average molecular weight is 544 g/mol. The van der Waals surface area contributed by atoms with Crippen molar-refractivity contribution in [2.45, 2.75) is 30.5 Å². The first-order valence-corrected chi connectivity index (χ1v) is 11.4. The summed E-state index contributed by atoms with van der Waals surface area (Å²) in [5, 5.41) is 44.0. The van der Waals surface area contributed by atoms with Crippen LogP contribution in [0.2, 0.25) is 5.28 Å². The molecule has 1 aromatic carbocycles. The highest BCUT2D eigenvalue weighted by molar-refractivity contribution is 6.28. The number of ether oxygens (including phenoxy) is 2. The van der Waals surface area contributed by atoms with Gasteiger partial charge in [0.1, 0.15) is 11.6 Å². The molecule has 0 unspecified atom stereocenters. The van der Waals surface area contributed by atoms with Gasteiger partial charge >= 0.3 is 5.97 Å². The third-order valence-corrected chi connectivity index (χ3v) is 5.70. The minimum Gasteiger partial charge on any atom is -0.479 e. The standard InChI is InChI=1S/C22H22ClN9O6/c1-2-14(34)18(32-11-25-15-16(24)26-21(23)27-17(15)32)38-13(9-33)10-37-22(20(35)36,19-28-30-31-29-19)8-12-6-4-3-5-7-12/h1,3-7,11,13-14,18,33-34H,8-10H2,(H,35,36)(H2,24,26,27)(H,28,29,30,31)/t13-,14+,18+,22-/m0/s1. The lowest BCUT2D eigenvalue weighted by molar-refractivity contribution is -0.186. The Kier molecular flexibility index (Phi) is 8.10. The van der Waals surface area contributed by atoms with Gasteiger partial charge < -0.3 is 30.5 Å². The number of aromatic nitrogens is 8. The molecule has 38 heavy (non-hydrogen) atoms. The fraction of sp³-hybridized carbons (Fsp3) is 0.318. The molecule has 0 spiro atoms. The Bertz CT molecular complexity index is 1430. The lowest BCUT2D eigenvalue weighted by atomic mass is 9.93. The normalized spacial score (nSPS) is 15.4. The average Bonchev–Trinajstić information content (AvgIpc) is 3.59. The van der Waals surface area contributed by atoms with Crippen molar-refractivity contribution in [2.24, 2.45) is 0 Å². The Morgan fingerprint density at radius 3 is 2.71 bits per heavy atom. The maximum atomic E-state index is 12.5. The maximum absolute atomic E-state index is 12.5. The number of anilines is 1. The van der Waals surface area contributed by atoms with Gasteiger partial charge in [-0.15, -0.1) is 16.6 Å². The van der Waals surface area contributed by atoms with E-state index >= 15 is 0 Å². The molecule has 4 atom stereocenters. The number of aliphatic carboxylic acids is 1. The summed E-state index contributed by atoms with van der Waals surface area (Å²) in [6.07, 6.45) is 2.42. The molecule has 198 valence electrons. The minimum absolute atomic E-state index is 0.0120. The SMILES string of the molecule is C#C[C@@H](O)[C@@H](O[C@@H](CO)CO[C@](Cc1ccccc1)(C(=O)O)c1nn[nH]n1)n1cnc2c(N)nc(Cl)nc21. The maximum Gasteiger partial charge on any atom is 0.344 e. The molecule has 15 nitrogen and oxygen atoms in total. The number of fused-ring (bicyclic) bond motifs is 1. The molecule has 0 aliphatic carbocycles. The van der Waals surface area contributed by atoms with Crippen molar-refractivity contribution in [1.29, 1.82) is 0 Å². The van der Waals surface area contributed by atoms with Gasteiger partial charge in [0, 0.05) is 6.42 Å². The number of imidazole rings is 1. The number of halogens is 1. The Balaban J connectivity index is 1.63. The second kappa shape index (κ2) is 11.5.